The van der Waals surface area contributed by atoms with Gasteiger partial charge in [0, 0.05) is 12.3 Å². The first-order chi connectivity index (χ1) is 14.7. The number of fused-ring (bicyclic) bond motifs is 1. The standard InChI is InChI=1S/C21H22N4O6/c1-21(2,3)31-20(28)24-17(22)16-12-13(8-9-23-16)29-10-11-30-25-18(26)14-6-4-5-7-15(14)19(25)27/h4-9,12H,10-11H2,1-3H3,(H2,22,24,28). The molecular formula is C21H22N4O6. The van der Waals surface area contributed by atoms with Crippen LogP contribution in [0.3, 0.4) is 0 Å². The van der Waals surface area contributed by atoms with Crippen molar-refractivity contribution in [1.29, 1.82) is 5.41 Å². The van der Waals surface area contributed by atoms with Crippen LogP contribution in [0.25, 0.3) is 0 Å². The predicted octanol–water partition coefficient (Wildman–Crippen LogP) is 2.54. The Balaban J connectivity index is 1.50. The predicted molar refractivity (Wildman–Crippen MR) is 109 cm³/mol. The van der Waals surface area contributed by atoms with E-state index >= 15 is 0 Å². The molecule has 1 aromatic heterocycles. The Bertz CT molecular complexity index is 996. The SMILES string of the molecule is CC(C)(C)OC(=O)NC(=N)c1cc(OCCON2C(=O)c3ccccc3C2=O)ccn1. The van der Waals surface area contributed by atoms with Crippen molar-refractivity contribution in [1.82, 2.24) is 15.4 Å². The number of nitrogens with one attached hydrogen (secondary N) is 2. The summed E-state index contributed by atoms with van der Waals surface area (Å²) >= 11 is 0. The number of hydroxylamine groups is 2. The highest BCUT2D eigenvalue weighted by molar-refractivity contribution is 6.20. The Labute approximate surface area is 178 Å². The number of imide groups is 1. The fourth-order valence-electron chi connectivity index (χ4n) is 2.68. The Hall–Kier alpha value is -3.79. The van der Waals surface area contributed by atoms with Crippen molar-refractivity contribution in [3.8, 4) is 5.75 Å². The minimum absolute atomic E-state index is 0.0314. The lowest BCUT2D eigenvalue weighted by molar-refractivity contribution is -0.0976. The molecule has 0 fully saturated rings. The van der Waals surface area contributed by atoms with E-state index in [4.69, 9.17) is 19.7 Å². The number of hydrogen-bond acceptors (Lipinski definition) is 8. The molecule has 1 aliphatic heterocycles. The number of alkyl carbamates (subject to hydrolysis) is 1. The minimum Gasteiger partial charge on any atom is -0.491 e. The summed E-state index contributed by atoms with van der Waals surface area (Å²) < 4.78 is 10.6. The molecule has 0 unspecified atom stereocenters. The van der Waals surface area contributed by atoms with E-state index in [2.05, 4.69) is 10.3 Å². The van der Waals surface area contributed by atoms with Crippen molar-refractivity contribution in [3.05, 3.63) is 59.4 Å². The summed E-state index contributed by atoms with van der Waals surface area (Å²) in [5, 5.41) is 11.0. The average molecular weight is 426 g/mol. The van der Waals surface area contributed by atoms with Crippen LogP contribution in [0.4, 0.5) is 4.79 Å². The summed E-state index contributed by atoms with van der Waals surface area (Å²) in [6.45, 7) is 5.12. The molecule has 10 heteroatoms. The molecule has 3 rings (SSSR count). The highest BCUT2D eigenvalue weighted by Crippen LogP contribution is 2.22. The molecule has 0 saturated heterocycles. The van der Waals surface area contributed by atoms with Gasteiger partial charge in [-0.15, -0.1) is 5.06 Å². The van der Waals surface area contributed by atoms with E-state index in [1.807, 2.05) is 0 Å². The summed E-state index contributed by atoms with van der Waals surface area (Å²) in [5.41, 5.74) is 0.0680. The van der Waals surface area contributed by atoms with Gasteiger partial charge in [-0.2, -0.15) is 0 Å². The van der Waals surface area contributed by atoms with E-state index in [1.165, 1.54) is 12.3 Å². The zero-order valence-electron chi connectivity index (χ0n) is 17.3. The van der Waals surface area contributed by atoms with Gasteiger partial charge in [0.15, 0.2) is 5.84 Å². The third kappa shape index (κ3) is 5.43. The first-order valence-corrected chi connectivity index (χ1v) is 9.44. The third-order valence-electron chi connectivity index (χ3n) is 3.94. The van der Waals surface area contributed by atoms with E-state index in [1.54, 1.807) is 51.1 Å². The maximum absolute atomic E-state index is 12.2. The Morgan fingerprint density at radius 1 is 1.10 bits per heavy atom. The van der Waals surface area contributed by atoms with Crippen molar-refractivity contribution in [2.24, 2.45) is 0 Å². The number of benzene rings is 1. The van der Waals surface area contributed by atoms with Gasteiger partial charge in [-0.3, -0.25) is 30.1 Å². The molecule has 2 aromatic rings. The van der Waals surface area contributed by atoms with Crippen molar-refractivity contribution in [2.75, 3.05) is 13.2 Å². The van der Waals surface area contributed by atoms with E-state index in [9.17, 15) is 14.4 Å². The van der Waals surface area contributed by atoms with E-state index in [-0.39, 0.29) is 24.7 Å². The molecule has 10 nitrogen and oxygen atoms in total. The van der Waals surface area contributed by atoms with E-state index in [0.717, 1.165) is 0 Å². The summed E-state index contributed by atoms with van der Waals surface area (Å²) in [6.07, 6.45) is 0.654. The molecule has 0 aliphatic carbocycles. The van der Waals surface area contributed by atoms with Crippen molar-refractivity contribution >= 4 is 23.7 Å². The molecule has 2 N–H and O–H groups in total. The Morgan fingerprint density at radius 3 is 2.35 bits per heavy atom. The van der Waals surface area contributed by atoms with Crippen molar-refractivity contribution < 1.29 is 28.7 Å². The van der Waals surface area contributed by atoms with Gasteiger partial charge >= 0.3 is 6.09 Å². The summed E-state index contributed by atoms with van der Waals surface area (Å²) in [6, 6.07) is 9.50. The lowest BCUT2D eigenvalue weighted by atomic mass is 10.1. The van der Waals surface area contributed by atoms with Gasteiger partial charge in [-0.25, -0.2) is 4.79 Å². The number of carbonyl (C=O) groups excluding carboxylic acids is 3. The fourth-order valence-corrected chi connectivity index (χ4v) is 2.68. The molecule has 1 aliphatic rings. The Morgan fingerprint density at radius 2 is 1.74 bits per heavy atom. The highest BCUT2D eigenvalue weighted by atomic mass is 16.7. The molecule has 0 spiro atoms. The van der Waals surface area contributed by atoms with Gasteiger partial charge in [0.25, 0.3) is 11.8 Å². The maximum Gasteiger partial charge on any atom is 0.413 e. The molecule has 0 atom stereocenters. The minimum atomic E-state index is -0.764. The van der Waals surface area contributed by atoms with E-state index in [0.29, 0.717) is 21.9 Å². The average Bonchev–Trinajstić information content (AvgIpc) is 2.95. The van der Waals surface area contributed by atoms with Crippen LogP contribution in [0.5, 0.6) is 5.75 Å². The van der Waals surface area contributed by atoms with Crippen LogP contribution in [0.1, 0.15) is 47.2 Å². The summed E-state index contributed by atoms with van der Waals surface area (Å²) in [4.78, 5) is 45.6. The van der Waals surface area contributed by atoms with Crippen LogP contribution in [0, 0.1) is 5.41 Å². The lowest BCUT2D eigenvalue weighted by Gasteiger charge is -2.19. The lowest BCUT2D eigenvalue weighted by Crippen LogP contribution is -2.36. The van der Waals surface area contributed by atoms with Crippen LogP contribution in [0.15, 0.2) is 42.6 Å². The van der Waals surface area contributed by atoms with Crippen LogP contribution in [0.2, 0.25) is 0 Å². The second kappa shape index (κ2) is 8.92. The van der Waals surface area contributed by atoms with Gasteiger partial charge < -0.3 is 9.47 Å². The second-order valence-electron chi connectivity index (χ2n) is 7.51. The third-order valence-corrected chi connectivity index (χ3v) is 3.94. The summed E-state index contributed by atoms with van der Waals surface area (Å²) in [7, 11) is 0. The molecule has 31 heavy (non-hydrogen) atoms. The van der Waals surface area contributed by atoms with Crippen LogP contribution >= 0.6 is 0 Å². The highest BCUT2D eigenvalue weighted by Gasteiger charge is 2.36. The quantitative estimate of drug-likeness (QED) is 0.314. The van der Waals surface area contributed by atoms with Crippen molar-refractivity contribution in [2.45, 2.75) is 26.4 Å². The van der Waals surface area contributed by atoms with Crippen LogP contribution in [-0.4, -0.2) is 52.6 Å². The first-order valence-electron chi connectivity index (χ1n) is 9.44. The van der Waals surface area contributed by atoms with Crippen molar-refractivity contribution in [3.63, 3.8) is 0 Å². The maximum atomic E-state index is 12.2. The number of carbonyl (C=O) groups is 3. The number of hydrogen-bond donors (Lipinski definition) is 2. The zero-order chi connectivity index (χ0) is 22.6. The van der Waals surface area contributed by atoms with E-state index < -0.39 is 23.5 Å². The first kappa shape index (κ1) is 21.9. The van der Waals surface area contributed by atoms with Crippen LogP contribution < -0.4 is 10.1 Å². The van der Waals surface area contributed by atoms with Gasteiger partial charge in [-0.1, -0.05) is 12.1 Å². The monoisotopic (exact) mass is 426 g/mol. The smallest absolute Gasteiger partial charge is 0.413 e. The number of rotatable bonds is 6. The molecule has 0 radical (unpaired) electrons. The number of amides is 3. The zero-order valence-corrected chi connectivity index (χ0v) is 17.3. The molecule has 162 valence electrons. The molecule has 1 aromatic carbocycles. The largest absolute Gasteiger partial charge is 0.491 e. The number of pyridine rings is 1. The molecule has 3 amide bonds. The molecule has 2 heterocycles. The number of aromatic nitrogens is 1. The second-order valence-corrected chi connectivity index (χ2v) is 7.51. The molecular weight excluding hydrogens is 404 g/mol. The number of ether oxygens (including phenoxy) is 2. The topological polar surface area (TPSA) is 131 Å². The fraction of sp³-hybridized carbons (Fsp3) is 0.286. The molecule has 0 bridgehead atoms. The number of nitrogens with zero attached hydrogens (tertiary/aromatic N) is 2. The van der Waals surface area contributed by atoms with Gasteiger partial charge in [-0.05, 0) is 39.0 Å². The van der Waals surface area contributed by atoms with Gasteiger partial charge in [0.2, 0.25) is 0 Å². The van der Waals surface area contributed by atoms with Gasteiger partial charge in [0.1, 0.15) is 30.3 Å². The summed E-state index contributed by atoms with van der Waals surface area (Å²) in [5.74, 6) is -0.921. The van der Waals surface area contributed by atoms with Gasteiger partial charge in [0.05, 0.1) is 11.1 Å². The Kier molecular flexibility index (Phi) is 6.30. The van der Waals surface area contributed by atoms with Crippen LogP contribution in [-0.2, 0) is 9.57 Å². The number of amidine groups is 1. The normalized spacial score (nSPS) is 13.1. The molecule has 0 saturated carbocycles.